The minimum Gasteiger partial charge on any atom is -0.454 e. The lowest BCUT2D eigenvalue weighted by molar-refractivity contribution is -0.120. The second kappa shape index (κ2) is 7.89. The SMILES string of the molecule is Cc1ccc(Cl)cc1N1CCN([C@@H](C)C(=O)Nc2ccc3c(c2)OCO3)CC1. The first-order chi connectivity index (χ1) is 13.5. The maximum absolute atomic E-state index is 12.7. The Labute approximate surface area is 170 Å². The Morgan fingerprint density at radius 1 is 1.07 bits per heavy atom. The topological polar surface area (TPSA) is 54.0 Å². The van der Waals surface area contributed by atoms with Crippen molar-refractivity contribution in [1.29, 1.82) is 0 Å². The number of hydrogen-bond acceptors (Lipinski definition) is 5. The molecule has 1 saturated heterocycles. The predicted molar refractivity (Wildman–Crippen MR) is 111 cm³/mol. The fraction of sp³-hybridized carbons (Fsp3) is 0.381. The van der Waals surface area contributed by atoms with Crippen LogP contribution >= 0.6 is 11.6 Å². The van der Waals surface area contributed by atoms with Crippen LogP contribution in [0.15, 0.2) is 36.4 Å². The molecular formula is C21H24ClN3O3. The highest BCUT2D eigenvalue weighted by atomic mass is 35.5. The maximum Gasteiger partial charge on any atom is 0.241 e. The van der Waals surface area contributed by atoms with Gasteiger partial charge >= 0.3 is 0 Å². The van der Waals surface area contributed by atoms with Crippen LogP contribution in [0.2, 0.25) is 5.02 Å². The molecule has 0 aliphatic carbocycles. The third-order valence-corrected chi connectivity index (χ3v) is 5.63. The van der Waals surface area contributed by atoms with Crippen molar-refractivity contribution in [3.63, 3.8) is 0 Å². The first-order valence-corrected chi connectivity index (χ1v) is 9.85. The number of amides is 1. The molecule has 0 saturated carbocycles. The van der Waals surface area contributed by atoms with Gasteiger partial charge < -0.3 is 19.7 Å². The number of halogens is 1. The molecule has 0 spiro atoms. The van der Waals surface area contributed by atoms with E-state index in [1.807, 2.05) is 37.3 Å². The molecule has 0 bridgehead atoms. The normalized spacial score (nSPS) is 17.5. The molecule has 2 heterocycles. The van der Waals surface area contributed by atoms with Crippen molar-refractivity contribution < 1.29 is 14.3 Å². The summed E-state index contributed by atoms with van der Waals surface area (Å²) in [5, 5.41) is 3.73. The number of carbonyl (C=O) groups excluding carboxylic acids is 1. The molecule has 1 atom stereocenters. The van der Waals surface area contributed by atoms with Crippen molar-refractivity contribution in [1.82, 2.24) is 4.90 Å². The third kappa shape index (κ3) is 3.88. The molecule has 4 rings (SSSR count). The Morgan fingerprint density at radius 2 is 1.82 bits per heavy atom. The minimum absolute atomic E-state index is 0.0220. The van der Waals surface area contributed by atoms with E-state index >= 15 is 0 Å². The van der Waals surface area contributed by atoms with Gasteiger partial charge in [-0.3, -0.25) is 9.69 Å². The largest absolute Gasteiger partial charge is 0.454 e. The standard InChI is InChI=1S/C21H24ClN3O3/c1-14-3-4-16(22)11-18(14)25-9-7-24(8-10-25)15(2)21(26)23-17-5-6-19-20(12-17)28-13-27-19/h3-6,11-12,15H,7-10,13H2,1-2H3,(H,23,26)/t15-/m0/s1. The van der Waals surface area contributed by atoms with Gasteiger partial charge in [0.15, 0.2) is 11.5 Å². The lowest BCUT2D eigenvalue weighted by Gasteiger charge is -2.39. The average Bonchev–Trinajstić information content (AvgIpc) is 3.17. The second-order valence-corrected chi connectivity index (χ2v) is 7.62. The molecule has 2 aromatic carbocycles. The van der Waals surface area contributed by atoms with Crippen molar-refractivity contribution in [2.45, 2.75) is 19.9 Å². The van der Waals surface area contributed by atoms with Gasteiger partial charge in [0.1, 0.15) is 0 Å². The monoisotopic (exact) mass is 401 g/mol. The van der Waals surface area contributed by atoms with Crippen LogP contribution in [0.25, 0.3) is 0 Å². The Morgan fingerprint density at radius 3 is 2.61 bits per heavy atom. The molecule has 1 N–H and O–H groups in total. The number of fused-ring (bicyclic) bond motifs is 1. The van der Waals surface area contributed by atoms with E-state index in [0.29, 0.717) is 17.2 Å². The maximum atomic E-state index is 12.7. The van der Waals surface area contributed by atoms with Crippen molar-refractivity contribution in [2.24, 2.45) is 0 Å². The summed E-state index contributed by atoms with van der Waals surface area (Å²) < 4.78 is 10.7. The van der Waals surface area contributed by atoms with Crippen LogP contribution in [0.1, 0.15) is 12.5 Å². The van der Waals surface area contributed by atoms with E-state index in [1.54, 1.807) is 6.07 Å². The van der Waals surface area contributed by atoms with Crippen LogP contribution in [0.4, 0.5) is 11.4 Å². The molecule has 1 fully saturated rings. The lowest BCUT2D eigenvalue weighted by Crippen LogP contribution is -2.53. The highest BCUT2D eigenvalue weighted by molar-refractivity contribution is 6.30. The fourth-order valence-electron chi connectivity index (χ4n) is 3.66. The van der Waals surface area contributed by atoms with Crippen LogP contribution in [-0.4, -0.2) is 49.8 Å². The number of nitrogens with one attached hydrogen (secondary N) is 1. The molecule has 2 aromatic rings. The van der Waals surface area contributed by atoms with E-state index in [0.717, 1.165) is 31.2 Å². The summed E-state index contributed by atoms with van der Waals surface area (Å²) in [6.07, 6.45) is 0. The number of ether oxygens (including phenoxy) is 2. The Kier molecular flexibility index (Phi) is 5.33. The number of nitrogens with zero attached hydrogens (tertiary/aromatic N) is 2. The first-order valence-electron chi connectivity index (χ1n) is 9.47. The number of carbonyl (C=O) groups is 1. The second-order valence-electron chi connectivity index (χ2n) is 7.19. The molecule has 0 radical (unpaired) electrons. The van der Waals surface area contributed by atoms with Gasteiger partial charge in [-0.2, -0.15) is 0 Å². The van der Waals surface area contributed by atoms with Gasteiger partial charge in [0.2, 0.25) is 12.7 Å². The Bertz CT molecular complexity index is 881. The molecule has 6 nitrogen and oxygen atoms in total. The molecule has 28 heavy (non-hydrogen) atoms. The summed E-state index contributed by atoms with van der Waals surface area (Å²) in [6.45, 7) is 7.64. The minimum atomic E-state index is -0.215. The van der Waals surface area contributed by atoms with Crippen molar-refractivity contribution in [3.05, 3.63) is 47.0 Å². The first kappa shape index (κ1) is 18.9. The highest BCUT2D eigenvalue weighted by Crippen LogP contribution is 2.34. The number of aryl methyl sites for hydroxylation is 1. The van der Waals surface area contributed by atoms with E-state index in [9.17, 15) is 4.79 Å². The van der Waals surface area contributed by atoms with Gasteiger partial charge in [-0.15, -0.1) is 0 Å². The van der Waals surface area contributed by atoms with E-state index < -0.39 is 0 Å². The van der Waals surface area contributed by atoms with E-state index in [1.165, 1.54) is 11.3 Å². The zero-order valence-corrected chi connectivity index (χ0v) is 16.8. The summed E-state index contributed by atoms with van der Waals surface area (Å²) in [6, 6.07) is 11.2. The quantitative estimate of drug-likeness (QED) is 0.849. The third-order valence-electron chi connectivity index (χ3n) is 5.39. The van der Waals surface area contributed by atoms with Gasteiger partial charge in [-0.1, -0.05) is 17.7 Å². The molecule has 1 amide bonds. The highest BCUT2D eigenvalue weighted by Gasteiger charge is 2.26. The summed E-state index contributed by atoms with van der Waals surface area (Å²) in [5.41, 5.74) is 3.10. The molecule has 2 aliphatic heterocycles. The summed E-state index contributed by atoms with van der Waals surface area (Å²) in [5.74, 6) is 1.35. The van der Waals surface area contributed by atoms with Crippen LogP contribution in [0.5, 0.6) is 11.5 Å². The van der Waals surface area contributed by atoms with Gasteiger partial charge in [-0.05, 0) is 43.7 Å². The molecule has 0 unspecified atom stereocenters. The Balaban J connectivity index is 1.35. The molecule has 2 aliphatic rings. The number of anilines is 2. The smallest absolute Gasteiger partial charge is 0.241 e. The van der Waals surface area contributed by atoms with Gasteiger partial charge in [-0.25, -0.2) is 0 Å². The zero-order valence-electron chi connectivity index (χ0n) is 16.1. The molecule has 148 valence electrons. The van der Waals surface area contributed by atoms with Crippen LogP contribution in [-0.2, 0) is 4.79 Å². The van der Waals surface area contributed by atoms with Gasteiger partial charge in [0, 0.05) is 48.6 Å². The zero-order chi connectivity index (χ0) is 19.7. The van der Waals surface area contributed by atoms with Gasteiger partial charge in [0.25, 0.3) is 0 Å². The summed E-state index contributed by atoms with van der Waals surface area (Å²) >= 11 is 6.16. The van der Waals surface area contributed by atoms with Crippen LogP contribution in [0, 0.1) is 6.92 Å². The fourth-order valence-corrected chi connectivity index (χ4v) is 3.83. The number of piperazine rings is 1. The van der Waals surface area contributed by atoms with Crippen molar-refractivity contribution in [2.75, 3.05) is 43.2 Å². The summed E-state index contributed by atoms with van der Waals surface area (Å²) in [4.78, 5) is 17.2. The van der Waals surface area contributed by atoms with Crippen LogP contribution in [0.3, 0.4) is 0 Å². The van der Waals surface area contributed by atoms with E-state index in [2.05, 4.69) is 22.0 Å². The van der Waals surface area contributed by atoms with Crippen molar-refractivity contribution >= 4 is 28.9 Å². The predicted octanol–water partition coefficient (Wildman–Crippen LogP) is 3.53. The number of hydrogen-bond donors (Lipinski definition) is 1. The van der Waals surface area contributed by atoms with Gasteiger partial charge in [0.05, 0.1) is 6.04 Å². The van der Waals surface area contributed by atoms with Crippen LogP contribution < -0.4 is 19.7 Å². The number of rotatable bonds is 4. The Hall–Kier alpha value is -2.44. The van der Waals surface area contributed by atoms with E-state index in [4.69, 9.17) is 21.1 Å². The number of benzene rings is 2. The van der Waals surface area contributed by atoms with Crippen molar-refractivity contribution in [3.8, 4) is 11.5 Å². The lowest BCUT2D eigenvalue weighted by atomic mass is 10.1. The molecule has 7 heteroatoms. The average molecular weight is 402 g/mol. The molecule has 0 aromatic heterocycles. The summed E-state index contributed by atoms with van der Waals surface area (Å²) in [7, 11) is 0. The van der Waals surface area contributed by atoms with E-state index in [-0.39, 0.29) is 18.7 Å². The molecular weight excluding hydrogens is 378 g/mol.